The van der Waals surface area contributed by atoms with Gasteiger partial charge in [0.05, 0.1) is 12.8 Å². The van der Waals surface area contributed by atoms with E-state index >= 15 is 0 Å². The maximum atomic E-state index is 12.5. The zero-order valence-electron chi connectivity index (χ0n) is 11.7. The van der Waals surface area contributed by atoms with Gasteiger partial charge in [-0.3, -0.25) is 19.4 Å². The SMILES string of the molecule is COc1ccc(N2C(=O)[C@@H](N)N3C(=O)SCC3=C2C)cc1. The lowest BCUT2D eigenvalue weighted by atomic mass is 10.1. The molecule has 2 aliphatic heterocycles. The van der Waals surface area contributed by atoms with Gasteiger partial charge in [0.25, 0.3) is 11.1 Å². The van der Waals surface area contributed by atoms with Gasteiger partial charge in [0.2, 0.25) is 0 Å². The van der Waals surface area contributed by atoms with Crippen molar-refractivity contribution in [3.05, 3.63) is 35.7 Å². The van der Waals surface area contributed by atoms with Crippen LogP contribution in [0.5, 0.6) is 5.75 Å². The summed E-state index contributed by atoms with van der Waals surface area (Å²) in [4.78, 5) is 27.3. The summed E-state index contributed by atoms with van der Waals surface area (Å²) >= 11 is 1.17. The standard InChI is InChI=1S/C14H15N3O3S/c1-8-11-7-21-14(19)17(11)12(15)13(18)16(8)9-3-5-10(20-2)6-4-9/h3-6,12H,7,15H2,1-2H3/t12-/m0/s1. The number of amides is 2. The molecule has 1 aromatic carbocycles. The van der Waals surface area contributed by atoms with Crippen molar-refractivity contribution in [2.24, 2.45) is 5.73 Å². The summed E-state index contributed by atoms with van der Waals surface area (Å²) in [6.07, 6.45) is -0.965. The molecule has 2 aliphatic rings. The van der Waals surface area contributed by atoms with E-state index in [9.17, 15) is 9.59 Å². The van der Waals surface area contributed by atoms with Gasteiger partial charge in [0.15, 0.2) is 6.17 Å². The van der Waals surface area contributed by atoms with Crippen LogP contribution in [0.2, 0.25) is 0 Å². The highest BCUT2D eigenvalue weighted by molar-refractivity contribution is 8.14. The molecule has 1 aromatic rings. The molecule has 3 rings (SSSR count). The molecule has 0 aromatic heterocycles. The number of thioether (sulfide) groups is 1. The number of hydrogen-bond acceptors (Lipinski definition) is 5. The van der Waals surface area contributed by atoms with Gasteiger partial charge in [-0.1, -0.05) is 11.8 Å². The summed E-state index contributed by atoms with van der Waals surface area (Å²) in [7, 11) is 1.59. The van der Waals surface area contributed by atoms with E-state index in [2.05, 4.69) is 0 Å². The second-order valence-corrected chi connectivity index (χ2v) is 5.70. The Bertz CT molecular complexity index is 641. The number of methoxy groups -OCH3 is 1. The molecule has 1 fully saturated rings. The van der Waals surface area contributed by atoms with E-state index in [0.29, 0.717) is 17.2 Å². The molecular formula is C14H15N3O3S. The highest BCUT2D eigenvalue weighted by Gasteiger charge is 2.43. The van der Waals surface area contributed by atoms with Crippen LogP contribution in [0.3, 0.4) is 0 Å². The molecule has 110 valence electrons. The zero-order chi connectivity index (χ0) is 15.1. The van der Waals surface area contributed by atoms with E-state index < -0.39 is 6.17 Å². The molecule has 1 saturated heterocycles. The summed E-state index contributed by atoms with van der Waals surface area (Å²) in [5.74, 6) is 0.946. The minimum atomic E-state index is -0.965. The Morgan fingerprint density at radius 1 is 1.29 bits per heavy atom. The van der Waals surface area contributed by atoms with Crippen molar-refractivity contribution in [3.8, 4) is 5.75 Å². The first-order valence-corrected chi connectivity index (χ1v) is 7.42. The molecule has 0 aliphatic carbocycles. The monoisotopic (exact) mass is 305 g/mol. The molecule has 7 heteroatoms. The average Bonchev–Trinajstić information content (AvgIpc) is 2.88. The van der Waals surface area contributed by atoms with Crippen LogP contribution in [0.1, 0.15) is 6.92 Å². The lowest BCUT2D eigenvalue weighted by molar-refractivity contribution is -0.122. The number of nitrogens with zero attached hydrogens (tertiary/aromatic N) is 2. The van der Waals surface area contributed by atoms with Gasteiger partial charge >= 0.3 is 0 Å². The van der Waals surface area contributed by atoms with Gasteiger partial charge in [0, 0.05) is 17.1 Å². The van der Waals surface area contributed by atoms with Crippen LogP contribution in [0.4, 0.5) is 10.5 Å². The Labute approximate surface area is 126 Å². The molecule has 0 spiro atoms. The molecule has 2 heterocycles. The molecule has 1 atom stereocenters. The van der Waals surface area contributed by atoms with Crippen molar-refractivity contribution in [2.75, 3.05) is 17.8 Å². The maximum absolute atomic E-state index is 12.5. The fourth-order valence-electron chi connectivity index (χ4n) is 2.53. The number of benzene rings is 1. The lowest BCUT2D eigenvalue weighted by Crippen LogP contribution is -2.57. The Balaban J connectivity index is 2.05. The molecular weight excluding hydrogens is 290 g/mol. The molecule has 6 nitrogen and oxygen atoms in total. The van der Waals surface area contributed by atoms with Crippen molar-refractivity contribution >= 4 is 28.6 Å². The number of hydrogen-bond donors (Lipinski definition) is 1. The van der Waals surface area contributed by atoms with Gasteiger partial charge in [0.1, 0.15) is 5.75 Å². The number of carbonyl (C=O) groups excluding carboxylic acids is 2. The van der Waals surface area contributed by atoms with Crippen LogP contribution >= 0.6 is 11.8 Å². The second-order valence-electron chi connectivity index (χ2n) is 4.77. The van der Waals surface area contributed by atoms with Gasteiger partial charge in [-0.2, -0.15) is 0 Å². The minimum Gasteiger partial charge on any atom is -0.497 e. The van der Waals surface area contributed by atoms with E-state index in [1.165, 1.54) is 16.7 Å². The fraction of sp³-hybridized carbons (Fsp3) is 0.286. The summed E-state index contributed by atoms with van der Waals surface area (Å²) in [5, 5.41) is -0.167. The highest BCUT2D eigenvalue weighted by Crippen LogP contribution is 2.37. The fourth-order valence-corrected chi connectivity index (χ4v) is 3.50. The molecule has 0 unspecified atom stereocenters. The molecule has 0 bridgehead atoms. The molecule has 0 radical (unpaired) electrons. The van der Waals surface area contributed by atoms with Crippen molar-refractivity contribution in [1.82, 2.24) is 4.90 Å². The molecule has 21 heavy (non-hydrogen) atoms. The van der Waals surface area contributed by atoms with Crippen LogP contribution < -0.4 is 15.4 Å². The van der Waals surface area contributed by atoms with E-state index in [1.54, 1.807) is 36.3 Å². The number of fused-ring (bicyclic) bond motifs is 1. The Kier molecular flexibility index (Phi) is 3.38. The van der Waals surface area contributed by atoms with E-state index in [4.69, 9.17) is 10.5 Å². The van der Waals surface area contributed by atoms with Crippen LogP contribution in [-0.2, 0) is 4.79 Å². The van der Waals surface area contributed by atoms with E-state index in [-0.39, 0.29) is 11.1 Å². The van der Waals surface area contributed by atoms with Crippen molar-refractivity contribution < 1.29 is 14.3 Å². The Morgan fingerprint density at radius 2 is 1.95 bits per heavy atom. The number of allylic oxidation sites excluding steroid dienone is 1. The summed E-state index contributed by atoms with van der Waals surface area (Å²) in [6.45, 7) is 1.83. The Hall–Kier alpha value is -1.99. The number of ether oxygens (including phenoxy) is 1. The summed E-state index contributed by atoms with van der Waals surface area (Å²) in [6, 6.07) is 7.17. The maximum Gasteiger partial charge on any atom is 0.288 e. The zero-order valence-corrected chi connectivity index (χ0v) is 12.5. The number of rotatable bonds is 2. The van der Waals surface area contributed by atoms with Gasteiger partial charge in [-0.05, 0) is 31.2 Å². The van der Waals surface area contributed by atoms with Crippen LogP contribution in [-0.4, -0.2) is 35.1 Å². The van der Waals surface area contributed by atoms with Crippen molar-refractivity contribution in [2.45, 2.75) is 13.1 Å². The minimum absolute atomic E-state index is 0.167. The average molecular weight is 305 g/mol. The normalized spacial score (nSPS) is 22.0. The predicted octanol–water partition coefficient (Wildman–Crippen LogP) is 1.73. The number of carbonyl (C=O) groups is 2. The van der Waals surface area contributed by atoms with Crippen molar-refractivity contribution in [1.29, 1.82) is 0 Å². The quantitative estimate of drug-likeness (QED) is 0.900. The van der Waals surface area contributed by atoms with Crippen molar-refractivity contribution in [3.63, 3.8) is 0 Å². The third-order valence-electron chi connectivity index (χ3n) is 3.66. The van der Waals surface area contributed by atoms with Crippen LogP contribution in [0.25, 0.3) is 0 Å². The van der Waals surface area contributed by atoms with Gasteiger partial charge in [-0.25, -0.2) is 0 Å². The van der Waals surface area contributed by atoms with Crippen LogP contribution in [0.15, 0.2) is 35.7 Å². The predicted molar refractivity (Wildman–Crippen MR) is 80.8 cm³/mol. The molecule has 0 saturated carbocycles. The third-order valence-corrected chi connectivity index (χ3v) is 4.52. The summed E-state index contributed by atoms with van der Waals surface area (Å²) < 4.78 is 5.12. The molecule has 2 N–H and O–H groups in total. The Morgan fingerprint density at radius 3 is 2.57 bits per heavy atom. The van der Waals surface area contributed by atoms with Crippen LogP contribution in [0, 0.1) is 0 Å². The topological polar surface area (TPSA) is 75.9 Å². The lowest BCUT2D eigenvalue weighted by Gasteiger charge is -2.37. The van der Waals surface area contributed by atoms with E-state index in [0.717, 1.165) is 11.4 Å². The molecule has 2 amide bonds. The summed E-state index contributed by atoms with van der Waals surface area (Å²) in [5.41, 5.74) is 8.19. The van der Waals surface area contributed by atoms with E-state index in [1.807, 2.05) is 6.92 Å². The first-order valence-electron chi connectivity index (χ1n) is 6.44. The highest BCUT2D eigenvalue weighted by atomic mass is 32.2. The largest absolute Gasteiger partial charge is 0.497 e. The van der Waals surface area contributed by atoms with Gasteiger partial charge in [-0.15, -0.1) is 0 Å². The second kappa shape index (κ2) is 5.09. The first kappa shape index (κ1) is 14.0. The number of anilines is 1. The third kappa shape index (κ3) is 2.09. The number of nitrogens with two attached hydrogens (primary N) is 1. The van der Waals surface area contributed by atoms with Gasteiger partial charge < -0.3 is 10.5 Å². The smallest absolute Gasteiger partial charge is 0.288 e. The first-order chi connectivity index (χ1) is 10.0.